The number of aliphatic hydroxyl groups is 2. The number of rotatable bonds is 1. The summed E-state index contributed by atoms with van der Waals surface area (Å²) >= 11 is 0. The van der Waals surface area contributed by atoms with Crippen LogP contribution in [0.2, 0.25) is 0 Å². The van der Waals surface area contributed by atoms with Crippen molar-refractivity contribution in [3.05, 3.63) is 23.9 Å². The molecule has 0 spiro atoms. The number of β-amino-alcohol motifs (C(OH)–C–C–N with tert-alkyl or cyclic N) is 2. The lowest BCUT2D eigenvalue weighted by atomic mass is 10.1. The van der Waals surface area contributed by atoms with Gasteiger partial charge in [-0.25, -0.2) is 4.98 Å². The number of nitrogens with zero attached hydrogens (tertiary/aromatic N) is 2. The van der Waals surface area contributed by atoms with Gasteiger partial charge in [0, 0.05) is 19.5 Å². The molecule has 2 rings (SSSR count). The normalized spacial score (nSPS) is 25.3. The molecule has 2 heterocycles. The standard InChI is InChI=1S/C11H13F3N2O2/c12-11(13,14)9-2-1-3-10(15-9)16-5-7(17)4-8(18)6-16/h1-3,7-8,17-18H,4-6H2/t7-,8-/m1/s1. The van der Waals surface area contributed by atoms with E-state index in [1.165, 1.54) is 17.0 Å². The lowest BCUT2D eigenvalue weighted by molar-refractivity contribution is -0.141. The first-order valence-electron chi connectivity index (χ1n) is 5.51. The van der Waals surface area contributed by atoms with Crippen LogP contribution in [0.4, 0.5) is 19.0 Å². The molecule has 1 saturated heterocycles. The van der Waals surface area contributed by atoms with E-state index < -0.39 is 24.1 Å². The number of hydrogen-bond acceptors (Lipinski definition) is 4. The molecule has 100 valence electrons. The monoisotopic (exact) mass is 262 g/mol. The summed E-state index contributed by atoms with van der Waals surface area (Å²) in [5.74, 6) is 0.114. The molecule has 0 bridgehead atoms. The van der Waals surface area contributed by atoms with Crippen molar-refractivity contribution in [2.75, 3.05) is 18.0 Å². The summed E-state index contributed by atoms with van der Waals surface area (Å²) in [5.41, 5.74) is -0.977. The molecular formula is C11H13F3N2O2. The second kappa shape index (κ2) is 4.74. The van der Waals surface area contributed by atoms with Crippen molar-refractivity contribution in [2.24, 2.45) is 0 Å². The van der Waals surface area contributed by atoms with E-state index in [-0.39, 0.29) is 25.3 Å². The average molecular weight is 262 g/mol. The van der Waals surface area contributed by atoms with E-state index in [9.17, 15) is 23.4 Å². The summed E-state index contributed by atoms with van der Waals surface area (Å²) in [4.78, 5) is 4.97. The first kappa shape index (κ1) is 13.1. The predicted molar refractivity (Wildman–Crippen MR) is 58.1 cm³/mol. The molecule has 1 aliphatic rings. The summed E-state index contributed by atoms with van der Waals surface area (Å²) in [6, 6.07) is 3.58. The molecular weight excluding hydrogens is 249 g/mol. The SMILES string of the molecule is O[C@@H]1C[C@@H](O)CN(c2cccc(C(F)(F)F)n2)C1. The Balaban J connectivity index is 2.23. The van der Waals surface area contributed by atoms with Crippen molar-refractivity contribution in [1.29, 1.82) is 0 Å². The minimum atomic E-state index is -4.50. The molecule has 0 amide bonds. The highest BCUT2D eigenvalue weighted by Gasteiger charge is 2.33. The zero-order chi connectivity index (χ0) is 13.3. The Morgan fingerprint density at radius 2 is 1.78 bits per heavy atom. The van der Waals surface area contributed by atoms with Gasteiger partial charge in [0.1, 0.15) is 11.5 Å². The smallest absolute Gasteiger partial charge is 0.391 e. The second-order valence-electron chi connectivity index (χ2n) is 4.33. The Hall–Kier alpha value is -1.34. The van der Waals surface area contributed by atoms with Gasteiger partial charge in [-0.2, -0.15) is 13.2 Å². The van der Waals surface area contributed by atoms with Crippen LogP contribution < -0.4 is 4.90 Å². The molecule has 18 heavy (non-hydrogen) atoms. The lowest BCUT2D eigenvalue weighted by Gasteiger charge is -2.34. The molecule has 4 nitrogen and oxygen atoms in total. The molecule has 1 fully saturated rings. The van der Waals surface area contributed by atoms with Crippen LogP contribution in [0.5, 0.6) is 0 Å². The van der Waals surface area contributed by atoms with E-state index in [4.69, 9.17) is 0 Å². The molecule has 2 N–H and O–H groups in total. The van der Waals surface area contributed by atoms with E-state index in [0.29, 0.717) is 0 Å². The number of aliphatic hydroxyl groups excluding tert-OH is 2. The fourth-order valence-electron chi connectivity index (χ4n) is 1.99. The van der Waals surface area contributed by atoms with E-state index >= 15 is 0 Å². The van der Waals surface area contributed by atoms with Crippen molar-refractivity contribution in [1.82, 2.24) is 4.98 Å². The van der Waals surface area contributed by atoms with Gasteiger partial charge in [0.15, 0.2) is 0 Å². The fraction of sp³-hybridized carbons (Fsp3) is 0.545. The molecule has 1 aliphatic heterocycles. The highest BCUT2D eigenvalue weighted by Crippen LogP contribution is 2.29. The summed E-state index contributed by atoms with van der Waals surface area (Å²) in [6.07, 6.45) is -5.78. The summed E-state index contributed by atoms with van der Waals surface area (Å²) in [7, 11) is 0. The van der Waals surface area contributed by atoms with Crippen LogP contribution >= 0.6 is 0 Å². The number of alkyl halides is 3. The minimum absolute atomic E-state index is 0.114. The summed E-state index contributed by atoms with van der Waals surface area (Å²) in [5, 5.41) is 19.0. The van der Waals surface area contributed by atoms with Crippen molar-refractivity contribution in [2.45, 2.75) is 24.8 Å². The predicted octanol–water partition coefficient (Wildman–Crippen LogP) is 1.03. The highest BCUT2D eigenvalue weighted by molar-refractivity contribution is 5.40. The quantitative estimate of drug-likeness (QED) is 0.793. The first-order valence-corrected chi connectivity index (χ1v) is 5.51. The largest absolute Gasteiger partial charge is 0.433 e. The Labute approximate surface area is 102 Å². The third kappa shape index (κ3) is 2.91. The zero-order valence-electron chi connectivity index (χ0n) is 9.43. The Morgan fingerprint density at radius 3 is 2.33 bits per heavy atom. The maximum atomic E-state index is 12.5. The van der Waals surface area contributed by atoms with Gasteiger partial charge < -0.3 is 15.1 Å². The molecule has 0 aromatic carbocycles. The van der Waals surface area contributed by atoms with Crippen LogP contribution in [0.3, 0.4) is 0 Å². The third-order valence-electron chi connectivity index (χ3n) is 2.76. The molecule has 2 atom stereocenters. The van der Waals surface area contributed by atoms with Crippen LogP contribution in [-0.4, -0.2) is 40.5 Å². The van der Waals surface area contributed by atoms with Crippen molar-refractivity contribution in [3.63, 3.8) is 0 Å². The molecule has 0 radical (unpaired) electrons. The topological polar surface area (TPSA) is 56.6 Å². The number of halogens is 3. The van der Waals surface area contributed by atoms with E-state index in [1.807, 2.05) is 0 Å². The van der Waals surface area contributed by atoms with Crippen molar-refractivity contribution >= 4 is 5.82 Å². The lowest BCUT2D eigenvalue weighted by Crippen LogP contribution is -2.46. The van der Waals surface area contributed by atoms with Crippen LogP contribution in [0.1, 0.15) is 12.1 Å². The maximum absolute atomic E-state index is 12.5. The molecule has 0 saturated carbocycles. The van der Waals surface area contributed by atoms with Gasteiger partial charge >= 0.3 is 6.18 Å². The maximum Gasteiger partial charge on any atom is 0.433 e. The Morgan fingerprint density at radius 1 is 1.17 bits per heavy atom. The molecule has 1 aromatic rings. The third-order valence-corrected chi connectivity index (χ3v) is 2.76. The number of aromatic nitrogens is 1. The van der Waals surface area contributed by atoms with Crippen LogP contribution in [0.15, 0.2) is 18.2 Å². The van der Waals surface area contributed by atoms with E-state index in [2.05, 4.69) is 4.98 Å². The first-order chi connectivity index (χ1) is 8.36. The van der Waals surface area contributed by atoms with Gasteiger partial charge in [-0.3, -0.25) is 0 Å². The van der Waals surface area contributed by atoms with Crippen molar-refractivity contribution in [3.8, 4) is 0 Å². The van der Waals surface area contributed by atoms with E-state index in [1.54, 1.807) is 0 Å². The van der Waals surface area contributed by atoms with E-state index in [0.717, 1.165) is 6.07 Å². The highest BCUT2D eigenvalue weighted by atomic mass is 19.4. The minimum Gasteiger partial charge on any atom is -0.391 e. The zero-order valence-corrected chi connectivity index (χ0v) is 9.43. The van der Waals surface area contributed by atoms with Gasteiger partial charge in [0.25, 0.3) is 0 Å². The fourth-order valence-corrected chi connectivity index (χ4v) is 1.99. The second-order valence-corrected chi connectivity index (χ2v) is 4.33. The Kier molecular flexibility index (Phi) is 3.45. The summed E-state index contributed by atoms with van der Waals surface area (Å²) < 4.78 is 37.5. The molecule has 1 aromatic heterocycles. The number of piperidine rings is 1. The summed E-state index contributed by atoms with van der Waals surface area (Å²) in [6.45, 7) is 0.344. The Bertz CT molecular complexity index is 415. The number of hydrogen-bond donors (Lipinski definition) is 2. The van der Waals surface area contributed by atoms with Crippen molar-refractivity contribution < 1.29 is 23.4 Å². The van der Waals surface area contributed by atoms with Gasteiger partial charge in [0.2, 0.25) is 0 Å². The van der Waals surface area contributed by atoms with Gasteiger partial charge in [0.05, 0.1) is 12.2 Å². The molecule has 7 heteroatoms. The van der Waals surface area contributed by atoms with Gasteiger partial charge in [-0.1, -0.05) is 6.07 Å². The van der Waals surface area contributed by atoms with Gasteiger partial charge in [-0.05, 0) is 12.1 Å². The number of pyridine rings is 1. The van der Waals surface area contributed by atoms with Crippen LogP contribution in [-0.2, 0) is 6.18 Å². The molecule has 0 unspecified atom stereocenters. The van der Waals surface area contributed by atoms with Crippen LogP contribution in [0.25, 0.3) is 0 Å². The van der Waals surface area contributed by atoms with Gasteiger partial charge in [-0.15, -0.1) is 0 Å². The average Bonchev–Trinajstić information content (AvgIpc) is 2.27. The molecule has 0 aliphatic carbocycles. The number of anilines is 1. The van der Waals surface area contributed by atoms with Crippen LogP contribution in [0, 0.1) is 0 Å².